The van der Waals surface area contributed by atoms with Crippen LogP contribution in [0.3, 0.4) is 0 Å². The number of amides is 2. The maximum absolute atomic E-state index is 13.9. The normalized spacial score (nSPS) is 13.1. The SMILES string of the molecule is CS(=O)(=O)c1c(F)cc(NC(=O)C(=O)NCc2ccc3c(c2)CCC3)cc1F. The van der Waals surface area contributed by atoms with Gasteiger partial charge in [-0.25, -0.2) is 17.2 Å². The molecule has 2 amide bonds. The Kier molecular flexibility index (Phi) is 5.46. The number of hydrogen-bond acceptors (Lipinski definition) is 4. The smallest absolute Gasteiger partial charge is 0.313 e. The zero-order chi connectivity index (χ0) is 20.5. The van der Waals surface area contributed by atoms with E-state index < -0.39 is 38.2 Å². The highest BCUT2D eigenvalue weighted by Crippen LogP contribution is 2.24. The highest BCUT2D eigenvalue weighted by atomic mass is 32.2. The Morgan fingerprint density at radius 2 is 1.64 bits per heavy atom. The Morgan fingerprint density at radius 1 is 1.00 bits per heavy atom. The molecule has 1 aliphatic carbocycles. The first-order chi connectivity index (χ1) is 13.1. The monoisotopic (exact) mass is 408 g/mol. The summed E-state index contributed by atoms with van der Waals surface area (Å²) in [6.45, 7) is 0.134. The molecule has 0 unspecified atom stereocenters. The van der Waals surface area contributed by atoms with Gasteiger partial charge in [0.05, 0.1) is 0 Å². The zero-order valence-corrected chi connectivity index (χ0v) is 15.8. The molecule has 0 spiro atoms. The summed E-state index contributed by atoms with van der Waals surface area (Å²) in [5, 5.41) is 4.49. The number of carbonyl (C=O) groups is 2. The lowest BCUT2D eigenvalue weighted by molar-refractivity contribution is -0.136. The Labute approximate surface area is 160 Å². The van der Waals surface area contributed by atoms with Crippen LogP contribution in [-0.2, 0) is 38.8 Å². The number of fused-ring (bicyclic) bond motifs is 1. The van der Waals surface area contributed by atoms with Crippen molar-refractivity contribution in [1.82, 2.24) is 5.32 Å². The third-order valence-electron chi connectivity index (χ3n) is 4.45. The molecule has 1 aliphatic rings. The van der Waals surface area contributed by atoms with E-state index in [-0.39, 0.29) is 12.2 Å². The first-order valence-electron chi connectivity index (χ1n) is 8.54. The topological polar surface area (TPSA) is 92.3 Å². The number of sulfone groups is 1. The van der Waals surface area contributed by atoms with E-state index >= 15 is 0 Å². The Hall–Kier alpha value is -2.81. The van der Waals surface area contributed by atoms with Crippen molar-refractivity contribution in [2.75, 3.05) is 11.6 Å². The minimum absolute atomic E-state index is 0.134. The van der Waals surface area contributed by atoms with Crippen LogP contribution in [0.1, 0.15) is 23.1 Å². The molecule has 0 fully saturated rings. The van der Waals surface area contributed by atoms with Crippen LogP contribution in [0, 0.1) is 11.6 Å². The maximum atomic E-state index is 13.9. The lowest BCUT2D eigenvalue weighted by Crippen LogP contribution is -2.35. The fraction of sp³-hybridized carbons (Fsp3) is 0.263. The van der Waals surface area contributed by atoms with E-state index in [2.05, 4.69) is 10.6 Å². The average molecular weight is 408 g/mol. The lowest BCUT2D eigenvalue weighted by atomic mass is 10.1. The number of anilines is 1. The van der Waals surface area contributed by atoms with Crippen molar-refractivity contribution in [1.29, 1.82) is 0 Å². The molecule has 3 rings (SSSR count). The first-order valence-corrected chi connectivity index (χ1v) is 10.4. The Bertz CT molecular complexity index is 1040. The quantitative estimate of drug-likeness (QED) is 0.758. The molecule has 0 radical (unpaired) electrons. The third-order valence-corrected chi connectivity index (χ3v) is 5.58. The second-order valence-corrected chi connectivity index (χ2v) is 8.59. The molecule has 0 atom stereocenters. The molecular weight excluding hydrogens is 390 g/mol. The van der Waals surface area contributed by atoms with Gasteiger partial charge in [-0.05, 0) is 48.1 Å². The standard InChI is InChI=1S/C19H18F2N2O4S/c1-28(26,27)17-15(20)8-14(9-16(17)21)23-19(25)18(24)22-10-11-5-6-12-3-2-4-13(12)7-11/h5-9H,2-4,10H2,1H3,(H,22,24)(H,23,25). The largest absolute Gasteiger partial charge is 0.344 e. The second-order valence-electron chi connectivity index (χ2n) is 6.63. The van der Waals surface area contributed by atoms with Gasteiger partial charge in [-0.2, -0.15) is 0 Å². The van der Waals surface area contributed by atoms with E-state index in [1.807, 2.05) is 18.2 Å². The van der Waals surface area contributed by atoms with Crippen molar-refractivity contribution in [2.45, 2.75) is 30.7 Å². The van der Waals surface area contributed by atoms with Crippen LogP contribution in [0.25, 0.3) is 0 Å². The maximum Gasteiger partial charge on any atom is 0.313 e. The summed E-state index contributed by atoms with van der Waals surface area (Å²) in [7, 11) is -4.11. The van der Waals surface area contributed by atoms with Crippen LogP contribution in [0.4, 0.5) is 14.5 Å². The van der Waals surface area contributed by atoms with E-state index in [0.717, 1.165) is 24.8 Å². The highest BCUT2D eigenvalue weighted by molar-refractivity contribution is 7.90. The van der Waals surface area contributed by atoms with Gasteiger partial charge in [-0.1, -0.05) is 18.2 Å². The number of rotatable bonds is 4. The van der Waals surface area contributed by atoms with Gasteiger partial charge in [-0.15, -0.1) is 0 Å². The molecule has 9 heteroatoms. The van der Waals surface area contributed by atoms with E-state index in [9.17, 15) is 26.8 Å². The third kappa shape index (κ3) is 4.36. The predicted molar refractivity (Wildman–Crippen MR) is 98.4 cm³/mol. The van der Waals surface area contributed by atoms with Gasteiger partial charge >= 0.3 is 11.8 Å². The summed E-state index contributed by atoms with van der Waals surface area (Å²) in [5.74, 6) is -4.80. The molecule has 2 aromatic carbocycles. The first kappa shape index (κ1) is 19.9. The summed E-state index contributed by atoms with van der Waals surface area (Å²) < 4.78 is 50.5. The molecule has 148 valence electrons. The zero-order valence-electron chi connectivity index (χ0n) is 15.0. The molecule has 6 nitrogen and oxygen atoms in total. The van der Waals surface area contributed by atoms with E-state index in [4.69, 9.17) is 0 Å². The van der Waals surface area contributed by atoms with Crippen molar-refractivity contribution in [3.63, 3.8) is 0 Å². The highest BCUT2D eigenvalue weighted by Gasteiger charge is 2.22. The Morgan fingerprint density at radius 3 is 2.29 bits per heavy atom. The molecule has 0 aromatic heterocycles. The molecule has 2 aromatic rings. The summed E-state index contributed by atoms with van der Waals surface area (Å²) in [5.41, 5.74) is 3.00. The number of nitrogens with one attached hydrogen (secondary N) is 2. The van der Waals surface area contributed by atoms with Crippen LogP contribution in [0.15, 0.2) is 35.2 Å². The number of benzene rings is 2. The van der Waals surface area contributed by atoms with Crippen LogP contribution in [-0.4, -0.2) is 26.5 Å². The molecule has 0 saturated carbocycles. The minimum Gasteiger partial charge on any atom is -0.344 e. The molecule has 0 saturated heterocycles. The summed E-state index contributed by atoms with van der Waals surface area (Å²) >= 11 is 0. The molecule has 0 bridgehead atoms. The van der Waals surface area contributed by atoms with Gasteiger partial charge in [-0.3, -0.25) is 9.59 Å². The summed E-state index contributed by atoms with van der Waals surface area (Å²) in [4.78, 5) is 22.8. The van der Waals surface area contributed by atoms with Crippen molar-refractivity contribution in [3.8, 4) is 0 Å². The predicted octanol–water partition coefficient (Wildman–Crippen LogP) is 2.11. The van der Waals surface area contributed by atoms with E-state index in [0.29, 0.717) is 18.4 Å². The van der Waals surface area contributed by atoms with Gasteiger partial charge < -0.3 is 10.6 Å². The fourth-order valence-corrected chi connectivity index (χ4v) is 4.00. The van der Waals surface area contributed by atoms with Gasteiger partial charge in [0.15, 0.2) is 9.84 Å². The molecule has 2 N–H and O–H groups in total. The number of hydrogen-bond donors (Lipinski definition) is 2. The van der Waals surface area contributed by atoms with E-state index in [1.54, 1.807) is 0 Å². The van der Waals surface area contributed by atoms with Gasteiger partial charge in [0.1, 0.15) is 16.5 Å². The summed E-state index contributed by atoms with van der Waals surface area (Å²) in [6.07, 6.45) is 3.78. The number of carbonyl (C=O) groups excluding carboxylic acids is 2. The van der Waals surface area contributed by atoms with Crippen molar-refractivity contribution in [2.24, 2.45) is 0 Å². The minimum atomic E-state index is -4.11. The van der Waals surface area contributed by atoms with Crippen molar-refractivity contribution >= 4 is 27.3 Å². The lowest BCUT2D eigenvalue weighted by Gasteiger charge is -2.09. The number of halogens is 2. The van der Waals surface area contributed by atoms with Gasteiger partial charge in [0.25, 0.3) is 0 Å². The van der Waals surface area contributed by atoms with Gasteiger partial charge in [0, 0.05) is 18.5 Å². The fourth-order valence-electron chi connectivity index (χ4n) is 3.17. The van der Waals surface area contributed by atoms with Crippen LogP contribution in [0.5, 0.6) is 0 Å². The van der Waals surface area contributed by atoms with Crippen molar-refractivity contribution < 1.29 is 26.8 Å². The molecular formula is C19H18F2N2O4S. The number of aryl methyl sites for hydroxylation is 2. The average Bonchev–Trinajstić information content (AvgIpc) is 3.05. The van der Waals surface area contributed by atoms with Crippen molar-refractivity contribution in [3.05, 3.63) is 58.7 Å². The molecule has 28 heavy (non-hydrogen) atoms. The molecule has 0 heterocycles. The van der Waals surface area contributed by atoms with Crippen LogP contribution in [0.2, 0.25) is 0 Å². The van der Waals surface area contributed by atoms with E-state index in [1.165, 1.54) is 11.1 Å². The Balaban J connectivity index is 1.64. The molecule has 0 aliphatic heterocycles. The van der Waals surface area contributed by atoms with Crippen LogP contribution >= 0.6 is 0 Å². The van der Waals surface area contributed by atoms with Gasteiger partial charge in [0.2, 0.25) is 0 Å². The summed E-state index contributed by atoms with van der Waals surface area (Å²) in [6, 6.07) is 7.14. The van der Waals surface area contributed by atoms with Crippen LogP contribution < -0.4 is 10.6 Å². The second kappa shape index (κ2) is 7.67.